The number of benzene rings is 2. The minimum Gasteiger partial charge on any atom is -0.482 e. The molecule has 27 heavy (non-hydrogen) atoms. The molecule has 0 amide bonds. The number of nitrogens with two attached hydrogens (primary N) is 1. The number of pyridine rings is 1. The lowest BCUT2D eigenvalue weighted by atomic mass is 10.1. The molecule has 0 saturated carbocycles. The lowest BCUT2D eigenvalue weighted by Crippen LogP contribution is -2.08. The molecule has 2 N–H and O–H groups in total. The van der Waals surface area contributed by atoms with Crippen LogP contribution in [0.3, 0.4) is 0 Å². The van der Waals surface area contributed by atoms with Crippen LogP contribution in [0.15, 0.2) is 42.6 Å². The Morgan fingerprint density at radius 3 is 2.33 bits per heavy atom. The van der Waals surface area contributed by atoms with E-state index < -0.39 is 23.6 Å². The topological polar surface area (TPSA) is 48.1 Å². The van der Waals surface area contributed by atoms with Crippen LogP contribution in [0.5, 0.6) is 5.75 Å². The molecule has 0 aliphatic rings. The molecule has 0 aliphatic carbocycles. The predicted molar refractivity (Wildman–Crippen MR) is 99.5 cm³/mol. The van der Waals surface area contributed by atoms with Crippen LogP contribution in [0.1, 0.15) is 18.6 Å². The Balaban J connectivity index is 1.97. The summed E-state index contributed by atoms with van der Waals surface area (Å²) in [6.45, 7) is 1.61. The summed E-state index contributed by atoms with van der Waals surface area (Å²) in [6, 6.07) is 7.07. The monoisotopic (exact) mass is 412 g/mol. The van der Waals surface area contributed by atoms with Gasteiger partial charge in [0.25, 0.3) is 0 Å². The minimum absolute atomic E-state index is 0.0473. The first-order valence-corrected chi connectivity index (χ1v) is 8.54. The number of nitrogen functional groups attached to an aromatic ring is 1. The fourth-order valence-electron chi connectivity index (χ4n) is 2.59. The summed E-state index contributed by atoms with van der Waals surface area (Å²) >= 11 is 12.1. The average Bonchev–Trinajstić information content (AvgIpc) is 2.59. The number of aromatic nitrogens is 1. The Hall–Kier alpha value is -2.44. The van der Waals surface area contributed by atoms with Crippen molar-refractivity contribution in [2.75, 3.05) is 5.73 Å². The smallest absolute Gasteiger partial charge is 0.166 e. The van der Waals surface area contributed by atoms with Crippen molar-refractivity contribution in [1.29, 1.82) is 0 Å². The number of hydrogen-bond acceptors (Lipinski definition) is 3. The van der Waals surface area contributed by atoms with Gasteiger partial charge in [-0.05, 0) is 42.8 Å². The van der Waals surface area contributed by atoms with Crippen LogP contribution in [0.2, 0.25) is 10.0 Å². The molecule has 0 saturated heterocycles. The van der Waals surface area contributed by atoms with Gasteiger partial charge >= 0.3 is 0 Å². The molecule has 0 bridgehead atoms. The van der Waals surface area contributed by atoms with Crippen molar-refractivity contribution in [3.05, 3.63) is 75.7 Å². The third kappa shape index (κ3) is 4.12. The molecular weight excluding hydrogens is 400 g/mol. The van der Waals surface area contributed by atoms with E-state index in [0.717, 1.165) is 24.3 Å². The fraction of sp³-hybridized carbons (Fsp3) is 0.105. The molecule has 3 nitrogen and oxygen atoms in total. The first-order chi connectivity index (χ1) is 12.8. The van der Waals surface area contributed by atoms with Crippen molar-refractivity contribution in [2.45, 2.75) is 13.0 Å². The van der Waals surface area contributed by atoms with Crippen LogP contribution in [-0.4, -0.2) is 4.98 Å². The zero-order chi connectivity index (χ0) is 19.7. The maximum atomic E-state index is 13.7. The van der Waals surface area contributed by atoms with Gasteiger partial charge in [-0.25, -0.2) is 18.2 Å². The summed E-state index contributed by atoms with van der Waals surface area (Å²) in [5.41, 5.74) is 6.74. The van der Waals surface area contributed by atoms with Gasteiger partial charge in [0.15, 0.2) is 11.6 Å². The Kier molecular flexibility index (Phi) is 5.48. The zero-order valence-corrected chi connectivity index (χ0v) is 15.5. The molecule has 0 aliphatic heterocycles. The van der Waals surface area contributed by atoms with E-state index in [1.165, 1.54) is 18.3 Å². The summed E-state index contributed by atoms with van der Waals surface area (Å²) < 4.78 is 46.4. The Morgan fingerprint density at radius 2 is 1.67 bits per heavy atom. The Labute approximate surface area is 163 Å². The van der Waals surface area contributed by atoms with E-state index in [1.807, 2.05) is 0 Å². The fourth-order valence-corrected chi connectivity index (χ4v) is 3.27. The number of rotatable bonds is 4. The SMILES string of the molecule is CC(Oc1cc(-c2cc(F)cc(F)c2)cnc1N)c1c(Cl)ccc(F)c1Cl. The molecular formula is C19H13Cl2F3N2O. The second kappa shape index (κ2) is 7.66. The maximum Gasteiger partial charge on any atom is 0.166 e. The Morgan fingerprint density at radius 1 is 1.00 bits per heavy atom. The molecule has 140 valence electrons. The number of anilines is 1. The van der Waals surface area contributed by atoms with Crippen LogP contribution >= 0.6 is 23.2 Å². The molecule has 3 aromatic rings. The highest BCUT2D eigenvalue weighted by Crippen LogP contribution is 2.37. The zero-order valence-electron chi connectivity index (χ0n) is 13.9. The van der Waals surface area contributed by atoms with E-state index in [2.05, 4.69) is 4.98 Å². The van der Waals surface area contributed by atoms with Crippen molar-refractivity contribution >= 4 is 29.0 Å². The van der Waals surface area contributed by atoms with E-state index in [0.29, 0.717) is 5.56 Å². The molecule has 1 atom stereocenters. The second-order valence-corrected chi connectivity index (χ2v) is 6.57. The third-order valence-electron chi connectivity index (χ3n) is 3.87. The first kappa shape index (κ1) is 19.3. The van der Waals surface area contributed by atoms with Crippen LogP contribution in [0.25, 0.3) is 11.1 Å². The lowest BCUT2D eigenvalue weighted by molar-refractivity contribution is 0.227. The Bertz CT molecular complexity index is 994. The average molecular weight is 413 g/mol. The van der Waals surface area contributed by atoms with Crippen LogP contribution in [0, 0.1) is 17.5 Å². The van der Waals surface area contributed by atoms with Crippen molar-refractivity contribution in [1.82, 2.24) is 4.98 Å². The largest absolute Gasteiger partial charge is 0.482 e. The standard InChI is InChI=1S/C19H13Cl2F3N2O/c1-9(17-14(20)2-3-15(24)18(17)21)27-16-6-11(8-26-19(16)25)10-4-12(22)7-13(23)5-10/h2-9H,1H3,(H2,25,26). The number of ether oxygens (including phenoxy) is 1. The first-order valence-electron chi connectivity index (χ1n) is 7.78. The van der Waals surface area contributed by atoms with E-state index >= 15 is 0 Å². The molecule has 0 fully saturated rings. The third-order valence-corrected chi connectivity index (χ3v) is 4.58. The molecule has 1 aromatic heterocycles. The molecule has 3 rings (SSSR count). The summed E-state index contributed by atoms with van der Waals surface area (Å²) in [7, 11) is 0. The maximum absolute atomic E-state index is 13.7. The van der Waals surface area contributed by atoms with E-state index in [9.17, 15) is 13.2 Å². The van der Waals surface area contributed by atoms with Crippen molar-refractivity contribution in [3.63, 3.8) is 0 Å². The lowest BCUT2D eigenvalue weighted by Gasteiger charge is -2.19. The normalized spacial score (nSPS) is 12.1. The van der Waals surface area contributed by atoms with Gasteiger partial charge in [0.1, 0.15) is 23.6 Å². The molecule has 2 aromatic carbocycles. The van der Waals surface area contributed by atoms with Gasteiger partial charge < -0.3 is 10.5 Å². The molecule has 0 spiro atoms. The van der Waals surface area contributed by atoms with Crippen LogP contribution < -0.4 is 10.5 Å². The number of hydrogen-bond donors (Lipinski definition) is 1. The van der Waals surface area contributed by atoms with Gasteiger partial charge in [0, 0.05) is 28.4 Å². The molecule has 8 heteroatoms. The highest BCUT2D eigenvalue weighted by Gasteiger charge is 2.20. The van der Waals surface area contributed by atoms with Crippen LogP contribution in [-0.2, 0) is 0 Å². The summed E-state index contributed by atoms with van der Waals surface area (Å²) in [5.74, 6) is -1.90. The van der Waals surface area contributed by atoms with Gasteiger partial charge in [-0.15, -0.1) is 0 Å². The van der Waals surface area contributed by atoms with Gasteiger partial charge in [0.2, 0.25) is 0 Å². The number of halogens is 5. The number of nitrogens with zero attached hydrogens (tertiary/aromatic N) is 1. The van der Waals surface area contributed by atoms with Crippen molar-refractivity contribution in [2.24, 2.45) is 0 Å². The second-order valence-electron chi connectivity index (χ2n) is 5.78. The van der Waals surface area contributed by atoms with Gasteiger partial charge in [-0.1, -0.05) is 23.2 Å². The van der Waals surface area contributed by atoms with Gasteiger partial charge in [-0.2, -0.15) is 0 Å². The van der Waals surface area contributed by atoms with Gasteiger partial charge in [-0.3, -0.25) is 0 Å². The van der Waals surface area contributed by atoms with E-state index in [1.54, 1.807) is 6.92 Å². The minimum atomic E-state index is -0.760. The summed E-state index contributed by atoms with van der Waals surface area (Å²) in [4.78, 5) is 3.99. The van der Waals surface area contributed by atoms with E-state index in [-0.39, 0.29) is 32.7 Å². The highest BCUT2D eigenvalue weighted by molar-refractivity contribution is 6.36. The quantitative estimate of drug-likeness (QED) is 0.519. The van der Waals surface area contributed by atoms with E-state index in [4.69, 9.17) is 33.7 Å². The summed E-state index contributed by atoms with van der Waals surface area (Å²) in [5, 5.41) is 0.0636. The van der Waals surface area contributed by atoms with Crippen molar-refractivity contribution in [3.8, 4) is 16.9 Å². The predicted octanol–water partition coefficient (Wildman–Crippen LogP) is 6.19. The highest BCUT2D eigenvalue weighted by atomic mass is 35.5. The molecule has 1 unspecified atom stereocenters. The van der Waals surface area contributed by atoms with Crippen LogP contribution in [0.4, 0.5) is 19.0 Å². The summed E-state index contributed by atoms with van der Waals surface area (Å²) in [6.07, 6.45) is 0.604. The molecule has 1 heterocycles. The molecule has 0 radical (unpaired) electrons. The van der Waals surface area contributed by atoms with Crippen molar-refractivity contribution < 1.29 is 17.9 Å². The van der Waals surface area contributed by atoms with Gasteiger partial charge in [0.05, 0.1) is 5.02 Å².